The maximum Gasteiger partial charge on any atom is 0.316 e. The van der Waals surface area contributed by atoms with Crippen molar-refractivity contribution in [3.8, 4) is 0 Å². The smallest absolute Gasteiger partial charge is 0.316 e. The lowest BCUT2D eigenvalue weighted by atomic mass is 10.0. The van der Waals surface area contributed by atoms with Gasteiger partial charge in [0, 0.05) is 4.90 Å². The molecule has 0 N–H and O–H groups in total. The third-order valence-corrected chi connectivity index (χ3v) is 4.11. The van der Waals surface area contributed by atoms with Crippen LogP contribution in [0.2, 0.25) is 5.02 Å². The number of carbonyl (C=O) groups is 2. The van der Waals surface area contributed by atoms with Crippen molar-refractivity contribution in [2.75, 3.05) is 12.4 Å². The van der Waals surface area contributed by atoms with E-state index >= 15 is 0 Å². The average molecular weight is 301 g/mol. The second-order valence-corrected chi connectivity index (χ2v) is 5.32. The number of hydrogen-bond acceptors (Lipinski definition) is 4. The van der Waals surface area contributed by atoms with Gasteiger partial charge in [0.2, 0.25) is 0 Å². The Morgan fingerprint density at radius 3 is 2.58 bits per heavy atom. The molecule has 1 rings (SSSR count). The maximum atomic E-state index is 12.0. The lowest BCUT2D eigenvalue weighted by molar-refractivity contribution is -0.151. The Hall–Kier alpha value is -1.00. The van der Waals surface area contributed by atoms with Gasteiger partial charge in [-0.1, -0.05) is 30.7 Å². The Balaban J connectivity index is 2.59. The lowest BCUT2D eigenvalue weighted by Crippen LogP contribution is -2.27. The fraction of sp³-hybridized carbons (Fsp3) is 0.429. The number of carbonyl (C=O) groups excluding carboxylic acids is 2. The van der Waals surface area contributed by atoms with Crippen LogP contribution < -0.4 is 0 Å². The first-order valence-corrected chi connectivity index (χ1v) is 7.53. The highest BCUT2D eigenvalue weighted by molar-refractivity contribution is 8.00. The van der Waals surface area contributed by atoms with E-state index in [0.717, 1.165) is 4.90 Å². The molecule has 0 saturated carbocycles. The van der Waals surface area contributed by atoms with Gasteiger partial charge in [-0.05, 0) is 25.5 Å². The number of esters is 1. The van der Waals surface area contributed by atoms with Gasteiger partial charge in [-0.25, -0.2) is 0 Å². The van der Waals surface area contributed by atoms with E-state index in [1.54, 1.807) is 19.9 Å². The Labute approximate surface area is 122 Å². The van der Waals surface area contributed by atoms with Crippen molar-refractivity contribution in [2.24, 2.45) is 5.92 Å². The van der Waals surface area contributed by atoms with Gasteiger partial charge in [-0.15, -0.1) is 11.8 Å². The molecule has 0 bridgehead atoms. The van der Waals surface area contributed by atoms with Crippen LogP contribution in [0.3, 0.4) is 0 Å². The lowest BCUT2D eigenvalue weighted by Gasteiger charge is -2.12. The molecule has 0 heterocycles. The summed E-state index contributed by atoms with van der Waals surface area (Å²) in [7, 11) is 0. The summed E-state index contributed by atoms with van der Waals surface area (Å²) in [6.07, 6.45) is 0.459. The van der Waals surface area contributed by atoms with Crippen LogP contribution in [0.5, 0.6) is 0 Å². The zero-order valence-corrected chi connectivity index (χ0v) is 12.6. The fourth-order valence-electron chi connectivity index (χ4n) is 1.58. The molecule has 0 aliphatic rings. The molecule has 19 heavy (non-hydrogen) atoms. The number of hydrogen-bond donors (Lipinski definition) is 0. The second-order valence-electron chi connectivity index (χ2n) is 3.90. The zero-order valence-electron chi connectivity index (χ0n) is 11.0. The summed E-state index contributed by atoms with van der Waals surface area (Å²) in [5.74, 6) is -1.00. The monoisotopic (exact) mass is 300 g/mol. The Morgan fingerprint density at radius 1 is 1.32 bits per heavy atom. The van der Waals surface area contributed by atoms with Crippen LogP contribution >= 0.6 is 23.4 Å². The van der Waals surface area contributed by atoms with Crippen molar-refractivity contribution >= 4 is 35.1 Å². The molecule has 0 aromatic heterocycles. The third kappa shape index (κ3) is 4.88. The highest BCUT2D eigenvalue weighted by Gasteiger charge is 2.25. The topological polar surface area (TPSA) is 43.4 Å². The van der Waals surface area contributed by atoms with E-state index in [2.05, 4.69) is 0 Å². The summed E-state index contributed by atoms with van der Waals surface area (Å²) in [4.78, 5) is 24.5. The van der Waals surface area contributed by atoms with Crippen LogP contribution in [0, 0.1) is 5.92 Å². The minimum atomic E-state index is -0.671. The van der Waals surface area contributed by atoms with Gasteiger partial charge in [0.25, 0.3) is 0 Å². The van der Waals surface area contributed by atoms with Gasteiger partial charge in [-0.3, -0.25) is 9.59 Å². The zero-order chi connectivity index (χ0) is 14.3. The standard InChI is InChI=1S/C14H17ClO3S/c1-3-10(14(17)18-4-2)12(16)9-19-13-8-6-5-7-11(13)15/h5-8,10H,3-4,9H2,1-2H3. The molecule has 0 radical (unpaired) electrons. The predicted molar refractivity (Wildman–Crippen MR) is 77.6 cm³/mol. The molecular formula is C14H17ClO3S. The number of rotatable bonds is 7. The second kappa shape index (κ2) is 8.23. The van der Waals surface area contributed by atoms with Crippen LogP contribution in [0.15, 0.2) is 29.2 Å². The first-order valence-electron chi connectivity index (χ1n) is 6.16. The van der Waals surface area contributed by atoms with Gasteiger partial charge in [0.05, 0.1) is 17.4 Å². The molecule has 0 spiro atoms. The summed E-state index contributed by atoms with van der Waals surface area (Å²) in [5, 5.41) is 0.615. The van der Waals surface area contributed by atoms with Crippen molar-refractivity contribution in [3.05, 3.63) is 29.3 Å². The first kappa shape index (κ1) is 16.1. The molecule has 0 amide bonds. The number of benzene rings is 1. The minimum Gasteiger partial charge on any atom is -0.465 e. The van der Waals surface area contributed by atoms with E-state index in [1.807, 2.05) is 18.2 Å². The molecule has 3 nitrogen and oxygen atoms in total. The molecule has 1 unspecified atom stereocenters. The van der Waals surface area contributed by atoms with E-state index in [0.29, 0.717) is 18.1 Å². The van der Waals surface area contributed by atoms with Crippen LogP contribution in [-0.2, 0) is 14.3 Å². The molecule has 5 heteroatoms. The number of ether oxygens (including phenoxy) is 1. The molecule has 104 valence electrons. The van der Waals surface area contributed by atoms with Gasteiger partial charge in [0.1, 0.15) is 5.92 Å². The molecule has 0 saturated heterocycles. The van der Waals surface area contributed by atoms with Gasteiger partial charge in [-0.2, -0.15) is 0 Å². The Kier molecular flexibility index (Phi) is 6.95. The van der Waals surface area contributed by atoms with E-state index in [-0.39, 0.29) is 11.5 Å². The van der Waals surface area contributed by atoms with Gasteiger partial charge in [0.15, 0.2) is 5.78 Å². The summed E-state index contributed by atoms with van der Waals surface area (Å²) < 4.78 is 4.90. The van der Waals surface area contributed by atoms with Crippen molar-refractivity contribution < 1.29 is 14.3 Å². The van der Waals surface area contributed by atoms with E-state index < -0.39 is 11.9 Å². The van der Waals surface area contributed by atoms with E-state index in [4.69, 9.17) is 16.3 Å². The van der Waals surface area contributed by atoms with Crippen LogP contribution in [-0.4, -0.2) is 24.1 Å². The average Bonchev–Trinajstić information content (AvgIpc) is 2.39. The third-order valence-electron chi connectivity index (χ3n) is 2.57. The van der Waals surface area contributed by atoms with Crippen LogP contribution in [0.25, 0.3) is 0 Å². The summed E-state index contributed by atoms with van der Waals surface area (Å²) in [5.41, 5.74) is 0. The summed E-state index contributed by atoms with van der Waals surface area (Å²) in [6.45, 7) is 3.83. The number of thioether (sulfide) groups is 1. The first-order chi connectivity index (χ1) is 9.10. The van der Waals surface area contributed by atoms with E-state index in [9.17, 15) is 9.59 Å². The highest BCUT2D eigenvalue weighted by atomic mass is 35.5. The Morgan fingerprint density at radius 2 is 2.00 bits per heavy atom. The maximum absolute atomic E-state index is 12.0. The fourth-order valence-corrected chi connectivity index (χ4v) is 2.76. The molecule has 0 fully saturated rings. The normalized spacial score (nSPS) is 11.9. The molecule has 0 aliphatic carbocycles. The summed E-state index contributed by atoms with van der Waals surface area (Å²) >= 11 is 7.35. The molecule has 1 aromatic rings. The molecule has 1 aromatic carbocycles. The quantitative estimate of drug-likeness (QED) is 0.438. The van der Waals surface area contributed by atoms with Crippen molar-refractivity contribution in [3.63, 3.8) is 0 Å². The number of Topliss-reactive ketones (excluding diaryl/α,β-unsaturated/α-hetero) is 1. The van der Waals surface area contributed by atoms with Crippen LogP contribution in [0.1, 0.15) is 20.3 Å². The summed E-state index contributed by atoms with van der Waals surface area (Å²) in [6, 6.07) is 7.33. The Bertz CT molecular complexity index is 448. The van der Waals surface area contributed by atoms with Crippen molar-refractivity contribution in [1.82, 2.24) is 0 Å². The SMILES string of the molecule is CCOC(=O)C(CC)C(=O)CSc1ccccc1Cl. The van der Waals surface area contributed by atoms with Crippen LogP contribution in [0.4, 0.5) is 0 Å². The van der Waals surface area contributed by atoms with E-state index in [1.165, 1.54) is 11.8 Å². The number of halogens is 1. The van der Waals surface area contributed by atoms with Crippen molar-refractivity contribution in [1.29, 1.82) is 0 Å². The molecule has 1 atom stereocenters. The van der Waals surface area contributed by atoms with Crippen molar-refractivity contribution in [2.45, 2.75) is 25.2 Å². The number of ketones is 1. The molecular weight excluding hydrogens is 284 g/mol. The highest BCUT2D eigenvalue weighted by Crippen LogP contribution is 2.27. The van der Waals surface area contributed by atoms with Gasteiger partial charge >= 0.3 is 5.97 Å². The van der Waals surface area contributed by atoms with Gasteiger partial charge < -0.3 is 4.74 Å². The largest absolute Gasteiger partial charge is 0.465 e. The molecule has 0 aliphatic heterocycles. The predicted octanol–water partition coefficient (Wildman–Crippen LogP) is 3.59. The minimum absolute atomic E-state index is 0.120.